The summed E-state index contributed by atoms with van der Waals surface area (Å²) >= 11 is 0. The van der Waals surface area contributed by atoms with Crippen molar-refractivity contribution >= 4 is 11.6 Å². The number of carbonyl (C=O) groups excluding carboxylic acids is 1. The molecule has 0 fully saturated rings. The summed E-state index contributed by atoms with van der Waals surface area (Å²) in [5.74, 6) is 0.656. The highest BCUT2D eigenvalue weighted by molar-refractivity contribution is 6.02. The average molecular weight is 375 g/mol. The van der Waals surface area contributed by atoms with E-state index in [1.165, 1.54) is 0 Å². The number of anilines is 1. The second-order valence-corrected chi connectivity index (χ2v) is 6.65. The lowest BCUT2D eigenvalue weighted by molar-refractivity contribution is 0.102. The van der Waals surface area contributed by atoms with E-state index in [1.807, 2.05) is 66.5 Å². The number of benzene rings is 1. The largest absolute Gasteiger partial charge is 0.321 e. The first-order chi connectivity index (χ1) is 13.5. The van der Waals surface area contributed by atoms with Crippen LogP contribution in [0.2, 0.25) is 0 Å². The molecular formula is C20H21N7O. The molecule has 8 nitrogen and oxygen atoms in total. The van der Waals surface area contributed by atoms with Gasteiger partial charge in [-0.25, -0.2) is 9.67 Å². The van der Waals surface area contributed by atoms with Gasteiger partial charge in [-0.3, -0.25) is 9.48 Å². The SMILES string of the molecule is Cc1cc(C)n(Cn2ccc(C(=O)Nc3ccc(-n4ccnc4C)cc3)n2)n1. The zero-order valence-corrected chi connectivity index (χ0v) is 16.0. The fourth-order valence-corrected chi connectivity index (χ4v) is 3.07. The lowest BCUT2D eigenvalue weighted by Gasteiger charge is -2.07. The van der Waals surface area contributed by atoms with Crippen LogP contribution < -0.4 is 5.32 Å². The molecule has 0 bridgehead atoms. The van der Waals surface area contributed by atoms with Crippen molar-refractivity contribution in [3.63, 3.8) is 0 Å². The van der Waals surface area contributed by atoms with Gasteiger partial charge in [0.15, 0.2) is 5.69 Å². The molecule has 0 aliphatic rings. The quantitative estimate of drug-likeness (QED) is 0.581. The molecule has 1 aromatic carbocycles. The molecule has 28 heavy (non-hydrogen) atoms. The molecule has 1 N–H and O–H groups in total. The maximum Gasteiger partial charge on any atom is 0.276 e. The van der Waals surface area contributed by atoms with Gasteiger partial charge in [0, 0.05) is 35.7 Å². The number of amides is 1. The maximum atomic E-state index is 12.5. The molecule has 1 amide bonds. The number of nitrogens with zero attached hydrogens (tertiary/aromatic N) is 6. The van der Waals surface area contributed by atoms with E-state index in [0.717, 1.165) is 22.9 Å². The van der Waals surface area contributed by atoms with Crippen molar-refractivity contribution in [3.8, 4) is 5.69 Å². The smallest absolute Gasteiger partial charge is 0.276 e. The molecule has 0 saturated carbocycles. The molecule has 0 aliphatic heterocycles. The van der Waals surface area contributed by atoms with Gasteiger partial charge in [0.2, 0.25) is 0 Å². The number of carbonyl (C=O) groups is 1. The van der Waals surface area contributed by atoms with Gasteiger partial charge in [-0.2, -0.15) is 10.2 Å². The molecule has 142 valence electrons. The minimum Gasteiger partial charge on any atom is -0.321 e. The Labute approximate surface area is 162 Å². The third-order valence-corrected chi connectivity index (χ3v) is 4.48. The van der Waals surface area contributed by atoms with Crippen molar-refractivity contribution in [1.82, 2.24) is 29.1 Å². The molecule has 0 unspecified atom stereocenters. The summed E-state index contributed by atoms with van der Waals surface area (Å²) in [4.78, 5) is 16.7. The minimum absolute atomic E-state index is 0.251. The predicted octanol–water partition coefficient (Wildman–Crippen LogP) is 2.95. The highest BCUT2D eigenvalue weighted by Crippen LogP contribution is 2.15. The van der Waals surface area contributed by atoms with Crippen molar-refractivity contribution in [1.29, 1.82) is 0 Å². The van der Waals surface area contributed by atoms with Crippen LogP contribution in [0.1, 0.15) is 27.7 Å². The fourth-order valence-electron chi connectivity index (χ4n) is 3.07. The number of rotatable bonds is 5. The molecule has 3 heterocycles. The average Bonchev–Trinajstić information content (AvgIpc) is 3.37. The Hall–Kier alpha value is -3.68. The number of nitrogens with one attached hydrogen (secondary N) is 1. The Morgan fingerprint density at radius 3 is 2.46 bits per heavy atom. The van der Waals surface area contributed by atoms with Gasteiger partial charge in [0.05, 0.1) is 5.69 Å². The Bertz CT molecular complexity index is 1120. The molecular weight excluding hydrogens is 354 g/mol. The first-order valence-corrected chi connectivity index (χ1v) is 8.96. The summed E-state index contributed by atoms with van der Waals surface area (Å²) in [5.41, 5.74) is 4.06. The minimum atomic E-state index is -0.251. The van der Waals surface area contributed by atoms with E-state index >= 15 is 0 Å². The van der Waals surface area contributed by atoms with Gasteiger partial charge >= 0.3 is 0 Å². The van der Waals surface area contributed by atoms with E-state index in [0.29, 0.717) is 18.1 Å². The molecule has 0 saturated heterocycles. The topological polar surface area (TPSA) is 82.6 Å². The van der Waals surface area contributed by atoms with Crippen LogP contribution in [0.4, 0.5) is 5.69 Å². The maximum absolute atomic E-state index is 12.5. The van der Waals surface area contributed by atoms with Crippen LogP contribution >= 0.6 is 0 Å². The second kappa shape index (κ2) is 7.15. The number of aryl methyl sites for hydroxylation is 3. The monoisotopic (exact) mass is 375 g/mol. The molecule has 3 aromatic heterocycles. The number of aromatic nitrogens is 6. The van der Waals surface area contributed by atoms with Crippen molar-refractivity contribution in [2.45, 2.75) is 27.4 Å². The van der Waals surface area contributed by atoms with Gasteiger partial charge in [0.1, 0.15) is 12.5 Å². The summed E-state index contributed by atoms with van der Waals surface area (Å²) in [5, 5.41) is 11.6. The van der Waals surface area contributed by atoms with Crippen LogP contribution in [-0.2, 0) is 6.67 Å². The van der Waals surface area contributed by atoms with Gasteiger partial charge in [-0.15, -0.1) is 0 Å². The van der Waals surface area contributed by atoms with Crippen LogP contribution in [-0.4, -0.2) is 35.0 Å². The zero-order chi connectivity index (χ0) is 19.7. The normalized spacial score (nSPS) is 11.0. The molecule has 8 heteroatoms. The van der Waals surface area contributed by atoms with Crippen molar-refractivity contribution in [2.24, 2.45) is 0 Å². The molecule has 0 aliphatic carbocycles. The third-order valence-electron chi connectivity index (χ3n) is 4.48. The summed E-state index contributed by atoms with van der Waals surface area (Å²) in [7, 11) is 0. The lowest BCUT2D eigenvalue weighted by atomic mass is 10.2. The highest BCUT2D eigenvalue weighted by Gasteiger charge is 2.11. The Morgan fingerprint density at radius 1 is 1.04 bits per heavy atom. The van der Waals surface area contributed by atoms with Crippen LogP contribution in [0.5, 0.6) is 0 Å². The highest BCUT2D eigenvalue weighted by atomic mass is 16.1. The van der Waals surface area contributed by atoms with E-state index in [1.54, 1.807) is 23.1 Å². The van der Waals surface area contributed by atoms with Crippen LogP contribution in [0.3, 0.4) is 0 Å². The second-order valence-electron chi connectivity index (χ2n) is 6.65. The lowest BCUT2D eigenvalue weighted by Crippen LogP contribution is -2.15. The standard InChI is InChI=1S/C20H21N7O/c1-14-12-15(2)27(23-14)13-25-10-8-19(24-25)20(28)22-17-4-6-18(7-5-17)26-11-9-21-16(26)3/h4-12H,13H2,1-3H3,(H,22,28). The Balaban J connectivity index is 1.43. The van der Waals surface area contributed by atoms with Crippen LogP contribution in [0.15, 0.2) is 55.0 Å². The summed E-state index contributed by atoms with van der Waals surface area (Å²) in [6.07, 6.45) is 5.43. The van der Waals surface area contributed by atoms with Gasteiger partial charge in [-0.05, 0) is 57.2 Å². The molecule has 4 rings (SSSR count). The fraction of sp³-hybridized carbons (Fsp3) is 0.200. The van der Waals surface area contributed by atoms with E-state index in [2.05, 4.69) is 20.5 Å². The van der Waals surface area contributed by atoms with E-state index < -0.39 is 0 Å². The van der Waals surface area contributed by atoms with Crippen LogP contribution in [0, 0.1) is 20.8 Å². The van der Waals surface area contributed by atoms with Gasteiger partial charge < -0.3 is 9.88 Å². The Morgan fingerprint density at radius 2 is 1.82 bits per heavy atom. The molecule has 0 spiro atoms. The van der Waals surface area contributed by atoms with E-state index in [9.17, 15) is 4.79 Å². The number of imidazole rings is 1. The molecule has 4 aromatic rings. The first kappa shape index (κ1) is 17.7. The third kappa shape index (κ3) is 3.57. The number of hydrogen-bond acceptors (Lipinski definition) is 4. The van der Waals surface area contributed by atoms with E-state index in [-0.39, 0.29) is 5.91 Å². The van der Waals surface area contributed by atoms with E-state index in [4.69, 9.17) is 0 Å². The number of hydrogen-bond donors (Lipinski definition) is 1. The first-order valence-electron chi connectivity index (χ1n) is 8.96. The summed E-state index contributed by atoms with van der Waals surface area (Å²) < 4.78 is 5.52. The summed E-state index contributed by atoms with van der Waals surface area (Å²) in [6, 6.07) is 11.3. The van der Waals surface area contributed by atoms with Gasteiger partial charge in [0.25, 0.3) is 5.91 Å². The molecule has 0 radical (unpaired) electrons. The van der Waals surface area contributed by atoms with Gasteiger partial charge in [-0.1, -0.05) is 0 Å². The van der Waals surface area contributed by atoms with Crippen molar-refractivity contribution in [3.05, 3.63) is 77.9 Å². The van der Waals surface area contributed by atoms with Crippen LogP contribution in [0.25, 0.3) is 5.69 Å². The molecule has 0 atom stereocenters. The summed E-state index contributed by atoms with van der Waals surface area (Å²) in [6.45, 7) is 6.35. The Kier molecular flexibility index (Phi) is 4.52. The zero-order valence-electron chi connectivity index (χ0n) is 16.0. The van der Waals surface area contributed by atoms with Crippen molar-refractivity contribution in [2.75, 3.05) is 5.32 Å². The predicted molar refractivity (Wildman–Crippen MR) is 106 cm³/mol. The van der Waals surface area contributed by atoms with Crippen molar-refractivity contribution < 1.29 is 4.79 Å².